The highest BCUT2D eigenvalue weighted by Crippen LogP contribution is 2.12. The van der Waals surface area contributed by atoms with Crippen LogP contribution in [0.5, 0.6) is 0 Å². The lowest BCUT2D eigenvalue weighted by molar-refractivity contribution is -0.140. The Balaban J connectivity index is 2.59. The van der Waals surface area contributed by atoms with Crippen LogP contribution in [-0.2, 0) is 19.0 Å². The van der Waals surface area contributed by atoms with Crippen LogP contribution < -0.4 is 0 Å². The van der Waals surface area contributed by atoms with Crippen molar-refractivity contribution in [2.75, 3.05) is 27.4 Å². The minimum atomic E-state index is -0.506. The maximum Gasteiger partial charge on any atom is 0.373 e. The molecule has 0 amide bonds. The molecule has 22 heavy (non-hydrogen) atoms. The molecule has 1 N–H and O–H groups in total. The molecule has 0 heterocycles. The van der Waals surface area contributed by atoms with Crippen molar-refractivity contribution in [3.8, 4) is 0 Å². The van der Waals surface area contributed by atoms with Crippen molar-refractivity contribution >= 4 is 12.0 Å². The number of aliphatic hydroxyl groups is 1. The van der Waals surface area contributed by atoms with E-state index in [0.29, 0.717) is 19.4 Å². The highest BCUT2D eigenvalue weighted by atomic mass is 16.6. The van der Waals surface area contributed by atoms with Crippen LogP contribution in [0.1, 0.15) is 24.8 Å². The Morgan fingerprint density at radius 2 is 1.95 bits per heavy atom. The van der Waals surface area contributed by atoms with Gasteiger partial charge in [0.1, 0.15) is 0 Å². The lowest BCUT2D eigenvalue weighted by Gasteiger charge is -2.15. The summed E-state index contributed by atoms with van der Waals surface area (Å²) >= 11 is 0. The summed E-state index contributed by atoms with van der Waals surface area (Å²) in [5.41, 5.74) is 0.867. The molecule has 5 heteroatoms. The van der Waals surface area contributed by atoms with Crippen LogP contribution in [0.4, 0.5) is 0 Å². The number of esters is 1. The van der Waals surface area contributed by atoms with Gasteiger partial charge in [0.05, 0.1) is 19.8 Å². The number of rotatable bonds is 10. The molecule has 0 aliphatic heterocycles. The van der Waals surface area contributed by atoms with Crippen LogP contribution in [0.2, 0.25) is 0 Å². The monoisotopic (exact) mass is 308 g/mol. The summed E-state index contributed by atoms with van der Waals surface area (Å²) in [5, 5.41) is 8.84. The predicted molar refractivity (Wildman–Crippen MR) is 84.1 cm³/mol. The maximum absolute atomic E-state index is 11.8. The summed E-state index contributed by atoms with van der Waals surface area (Å²) in [4.78, 5) is 11.8. The molecule has 1 aromatic rings. The average Bonchev–Trinajstić information content (AvgIpc) is 2.57. The molecule has 0 saturated carbocycles. The van der Waals surface area contributed by atoms with Gasteiger partial charge in [-0.2, -0.15) is 0 Å². The molecule has 5 nitrogen and oxygen atoms in total. The lowest BCUT2D eigenvalue weighted by atomic mass is 10.1. The smallest absolute Gasteiger partial charge is 0.373 e. The molecule has 0 aromatic heterocycles. The highest BCUT2D eigenvalue weighted by Gasteiger charge is 2.13. The van der Waals surface area contributed by atoms with E-state index in [9.17, 15) is 4.79 Å². The second-order valence-electron chi connectivity index (χ2n) is 4.77. The van der Waals surface area contributed by atoms with Gasteiger partial charge in [-0.3, -0.25) is 0 Å². The van der Waals surface area contributed by atoms with E-state index in [-0.39, 0.29) is 18.5 Å². The summed E-state index contributed by atoms with van der Waals surface area (Å²) in [6.45, 7) is 0.486. The minimum absolute atomic E-state index is 0.00257. The van der Waals surface area contributed by atoms with Crippen molar-refractivity contribution in [1.82, 2.24) is 0 Å². The third kappa shape index (κ3) is 6.74. The molecule has 0 saturated heterocycles. The number of methoxy groups -OCH3 is 2. The SMILES string of the molecule is COC(=O)C(=Cc1ccccc1)OCCC(CCCO)OC. The average molecular weight is 308 g/mol. The van der Waals surface area contributed by atoms with Gasteiger partial charge in [-0.05, 0) is 24.5 Å². The summed E-state index contributed by atoms with van der Waals surface area (Å²) < 4.78 is 15.6. The first kappa shape index (κ1) is 18.2. The fourth-order valence-corrected chi connectivity index (χ4v) is 1.96. The molecule has 0 radical (unpaired) electrons. The second-order valence-corrected chi connectivity index (χ2v) is 4.77. The maximum atomic E-state index is 11.8. The number of hydrogen-bond acceptors (Lipinski definition) is 5. The highest BCUT2D eigenvalue weighted by molar-refractivity contribution is 5.91. The van der Waals surface area contributed by atoms with Gasteiger partial charge < -0.3 is 19.3 Å². The van der Waals surface area contributed by atoms with E-state index >= 15 is 0 Å². The first-order chi connectivity index (χ1) is 10.7. The molecular weight excluding hydrogens is 284 g/mol. The van der Waals surface area contributed by atoms with Crippen LogP contribution in [0, 0.1) is 0 Å². The van der Waals surface area contributed by atoms with Crippen LogP contribution >= 0.6 is 0 Å². The van der Waals surface area contributed by atoms with Crippen molar-refractivity contribution in [1.29, 1.82) is 0 Å². The van der Waals surface area contributed by atoms with Crippen LogP contribution in [0.3, 0.4) is 0 Å². The zero-order valence-corrected chi connectivity index (χ0v) is 13.2. The van der Waals surface area contributed by atoms with E-state index in [2.05, 4.69) is 0 Å². The zero-order valence-electron chi connectivity index (χ0n) is 13.2. The van der Waals surface area contributed by atoms with Gasteiger partial charge in [0.25, 0.3) is 0 Å². The van der Waals surface area contributed by atoms with Gasteiger partial charge >= 0.3 is 5.97 Å². The summed E-state index contributed by atoms with van der Waals surface area (Å²) in [6.07, 6.45) is 3.73. The molecule has 0 fully saturated rings. The van der Waals surface area contributed by atoms with Crippen molar-refractivity contribution in [2.45, 2.75) is 25.4 Å². The molecule has 1 unspecified atom stereocenters. The van der Waals surface area contributed by atoms with E-state index < -0.39 is 5.97 Å². The Kier molecular flexibility index (Phi) is 8.95. The quantitative estimate of drug-likeness (QED) is 0.408. The molecular formula is C17H24O5. The Bertz CT molecular complexity index is 455. The predicted octanol–water partition coefficient (Wildman–Crippen LogP) is 2.39. The van der Waals surface area contributed by atoms with Crippen LogP contribution in [0.25, 0.3) is 6.08 Å². The van der Waals surface area contributed by atoms with E-state index in [1.165, 1.54) is 7.11 Å². The molecule has 0 spiro atoms. The molecule has 122 valence electrons. The lowest BCUT2D eigenvalue weighted by Crippen LogP contribution is -2.16. The van der Waals surface area contributed by atoms with Gasteiger partial charge in [0.2, 0.25) is 5.76 Å². The molecule has 0 bridgehead atoms. The topological polar surface area (TPSA) is 65.0 Å². The van der Waals surface area contributed by atoms with Gasteiger partial charge in [-0.1, -0.05) is 30.3 Å². The third-order valence-corrected chi connectivity index (χ3v) is 3.20. The van der Waals surface area contributed by atoms with Crippen molar-refractivity contribution in [3.63, 3.8) is 0 Å². The molecule has 1 aromatic carbocycles. The van der Waals surface area contributed by atoms with E-state index in [4.69, 9.17) is 19.3 Å². The zero-order chi connectivity index (χ0) is 16.2. The second kappa shape index (κ2) is 10.8. The summed E-state index contributed by atoms with van der Waals surface area (Å²) in [6, 6.07) is 9.44. The Morgan fingerprint density at radius 1 is 1.23 bits per heavy atom. The first-order valence-electron chi connectivity index (χ1n) is 7.32. The van der Waals surface area contributed by atoms with E-state index in [0.717, 1.165) is 12.0 Å². The van der Waals surface area contributed by atoms with Gasteiger partial charge in [0, 0.05) is 20.1 Å². The van der Waals surface area contributed by atoms with Crippen molar-refractivity contribution in [3.05, 3.63) is 41.7 Å². The minimum Gasteiger partial charge on any atom is -0.486 e. The number of carbonyl (C=O) groups is 1. The largest absolute Gasteiger partial charge is 0.486 e. The summed E-state index contributed by atoms with van der Waals surface area (Å²) in [5.74, 6) is -0.334. The number of aliphatic hydroxyl groups excluding tert-OH is 1. The molecule has 0 aliphatic rings. The van der Waals surface area contributed by atoms with Gasteiger partial charge in [-0.25, -0.2) is 4.79 Å². The third-order valence-electron chi connectivity index (χ3n) is 3.20. The standard InChI is InChI=1S/C17H24O5/c1-20-15(9-6-11-18)10-12-22-16(17(19)21-2)13-14-7-4-3-5-8-14/h3-5,7-8,13,15,18H,6,9-12H2,1-2H3. The van der Waals surface area contributed by atoms with E-state index in [1.54, 1.807) is 13.2 Å². The first-order valence-corrected chi connectivity index (χ1v) is 7.32. The van der Waals surface area contributed by atoms with Crippen molar-refractivity contribution in [2.24, 2.45) is 0 Å². The van der Waals surface area contributed by atoms with Gasteiger partial charge in [-0.15, -0.1) is 0 Å². The molecule has 1 atom stereocenters. The normalized spacial score (nSPS) is 12.8. The number of carbonyl (C=O) groups excluding carboxylic acids is 1. The molecule has 1 rings (SSSR count). The number of benzene rings is 1. The molecule has 0 aliphatic carbocycles. The Hall–Kier alpha value is -1.85. The van der Waals surface area contributed by atoms with Crippen LogP contribution in [-0.4, -0.2) is 44.6 Å². The fraction of sp³-hybridized carbons (Fsp3) is 0.471. The number of ether oxygens (including phenoxy) is 3. The Labute approximate surface area is 131 Å². The number of hydrogen-bond donors (Lipinski definition) is 1. The van der Waals surface area contributed by atoms with Crippen molar-refractivity contribution < 1.29 is 24.1 Å². The van der Waals surface area contributed by atoms with Crippen LogP contribution in [0.15, 0.2) is 36.1 Å². The van der Waals surface area contributed by atoms with E-state index in [1.807, 2.05) is 30.3 Å². The summed E-state index contributed by atoms with van der Waals surface area (Å²) in [7, 11) is 2.95. The fourth-order valence-electron chi connectivity index (χ4n) is 1.96. The van der Waals surface area contributed by atoms with Gasteiger partial charge in [0.15, 0.2) is 0 Å². The Morgan fingerprint density at radius 3 is 2.55 bits per heavy atom.